The molecule has 1 aromatic rings. The summed E-state index contributed by atoms with van der Waals surface area (Å²) in [5, 5.41) is 0. The van der Waals surface area contributed by atoms with Crippen molar-refractivity contribution in [3.63, 3.8) is 0 Å². The van der Waals surface area contributed by atoms with Crippen LogP contribution in [-0.2, 0) is 4.74 Å². The first-order valence-corrected chi connectivity index (χ1v) is 8.39. The summed E-state index contributed by atoms with van der Waals surface area (Å²) >= 11 is 0. The average Bonchev–Trinajstić information content (AvgIpc) is 2.96. The molecule has 2 aliphatic rings. The molecule has 3 heteroatoms. The minimum absolute atomic E-state index is 0.208. The Hall–Kier alpha value is -1.64. The van der Waals surface area contributed by atoms with E-state index < -0.39 is 0 Å². The molecule has 0 N–H and O–H groups in total. The SMILES string of the molecule is COC(=O)c1ccc(C(=O)CC2C[C@H]3CCCC[C@H]3C2)cc1. The van der Waals surface area contributed by atoms with Crippen molar-refractivity contribution in [3.8, 4) is 0 Å². The number of carbonyl (C=O) groups is 2. The maximum atomic E-state index is 12.4. The third-order valence-corrected chi connectivity index (χ3v) is 5.44. The predicted octanol–water partition coefficient (Wildman–Crippen LogP) is 4.26. The summed E-state index contributed by atoms with van der Waals surface area (Å²) in [4.78, 5) is 23.9. The number of hydrogen-bond acceptors (Lipinski definition) is 3. The number of carbonyl (C=O) groups excluding carboxylic acids is 2. The van der Waals surface area contributed by atoms with Gasteiger partial charge in [0.05, 0.1) is 12.7 Å². The zero-order valence-electron chi connectivity index (χ0n) is 13.2. The number of rotatable bonds is 4. The van der Waals surface area contributed by atoms with E-state index in [0.717, 1.165) is 11.8 Å². The molecule has 1 aromatic carbocycles. The second kappa shape index (κ2) is 6.64. The first-order valence-electron chi connectivity index (χ1n) is 8.39. The Labute approximate surface area is 132 Å². The van der Waals surface area contributed by atoms with Gasteiger partial charge in [-0.3, -0.25) is 4.79 Å². The molecule has 2 fully saturated rings. The molecule has 0 heterocycles. The van der Waals surface area contributed by atoms with E-state index in [4.69, 9.17) is 0 Å². The highest BCUT2D eigenvalue weighted by Crippen LogP contribution is 2.46. The van der Waals surface area contributed by atoms with E-state index in [9.17, 15) is 9.59 Å². The van der Waals surface area contributed by atoms with Crippen LogP contribution in [-0.4, -0.2) is 18.9 Å². The van der Waals surface area contributed by atoms with E-state index in [-0.39, 0.29) is 11.8 Å². The summed E-state index contributed by atoms with van der Waals surface area (Å²) in [6.45, 7) is 0. The van der Waals surface area contributed by atoms with Crippen molar-refractivity contribution in [3.05, 3.63) is 35.4 Å². The summed E-state index contributed by atoms with van der Waals surface area (Å²) in [5.74, 6) is 2.14. The van der Waals surface area contributed by atoms with E-state index in [1.807, 2.05) is 0 Å². The van der Waals surface area contributed by atoms with Crippen molar-refractivity contribution in [1.29, 1.82) is 0 Å². The smallest absolute Gasteiger partial charge is 0.337 e. The summed E-state index contributed by atoms with van der Waals surface area (Å²) < 4.78 is 4.67. The van der Waals surface area contributed by atoms with Crippen molar-refractivity contribution in [2.75, 3.05) is 7.11 Å². The lowest BCUT2D eigenvalue weighted by molar-refractivity contribution is 0.0600. The molecule has 3 atom stereocenters. The average molecular weight is 300 g/mol. The van der Waals surface area contributed by atoms with E-state index in [1.54, 1.807) is 24.3 Å². The van der Waals surface area contributed by atoms with Crippen LogP contribution in [0.25, 0.3) is 0 Å². The van der Waals surface area contributed by atoms with Gasteiger partial charge in [-0.1, -0.05) is 37.8 Å². The molecule has 0 aromatic heterocycles. The zero-order chi connectivity index (χ0) is 15.5. The van der Waals surface area contributed by atoms with Crippen molar-refractivity contribution < 1.29 is 14.3 Å². The lowest BCUT2D eigenvalue weighted by atomic mass is 9.82. The van der Waals surface area contributed by atoms with E-state index in [2.05, 4.69) is 4.74 Å². The molecule has 0 bridgehead atoms. The molecule has 0 aliphatic heterocycles. The maximum Gasteiger partial charge on any atom is 0.337 e. The molecule has 0 spiro atoms. The van der Waals surface area contributed by atoms with Crippen LogP contribution < -0.4 is 0 Å². The molecule has 2 aliphatic carbocycles. The summed E-state index contributed by atoms with van der Waals surface area (Å²) in [5.41, 5.74) is 1.20. The highest BCUT2D eigenvalue weighted by molar-refractivity contribution is 5.97. The molecule has 3 nitrogen and oxygen atoms in total. The van der Waals surface area contributed by atoms with Crippen LogP contribution in [0.3, 0.4) is 0 Å². The van der Waals surface area contributed by atoms with Gasteiger partial charge in [0.15, 0.2) is 5.78 Å². The van der Waals surface area contributed by atoms with Crippen LogP contribution in [0.4, 0.5) is 0 Å². The van der Waals surface area contributed by atoms with Gasteiger partial charge in [-0.2, -0.15) is 0 Å². The molecule has 0 amide bonds. The van der Waals surface area contributed by atoms with E-state index in [1.165, 1.54) is 45.6 Å². The molecule has 22 heavy (non-hydrogen) atoms. The standard InChI is InChI=1S/C19H24O3/c1-22-19(21)15-8-6-14(7-9-15)18(20)12-13-10-16-4-2-3-5-17(16)11-13/h6-9,13,16-17H,2-5,10-12H2,1H3/t13?,16-,17+. The first-order chi connectivity index (χ1) is 10.7. The summed E-state index contributed by atoms with van der Waals surface area (Å²) in [7, 11) is 1.36. The van der Waals surface area contributed by atoms with Gasteiger partial charge >= 0.3 is 5.97 Å². The number of benzene rings is 1. The topological polar surface area (TPSA) is 43.4 Å². The normalized spacial score (nSPS) is 27.2. The maximum absolute atomic E-state index is 12.4. The lowest BCUT2D eigenvalue weighted by Gasteiger charge is -2.24. The van der Waals surface area contributed by atoms with Crippen molar-refractivity contribution in [2.45, 2.75) is 44.9 Å². The second-order valence-electron chi connectivity index (χ2n) is 6.84. The van der Waals surface area contributed by atoms with Gasteiger partial charge in [0.25, 0.3) is 0 Å². The van der Waals surface area contributed by atoms with Crippen LogP contribution in [0.1, 0.15) is 65.7 Å². The van der Waals surface area contributed by atoms with Crippen molar-refractivity contribution in [2.24, 2.45) is 17.8 Å². The van der Waals surface area contributed by atoms with Gasteiger partial charge in [-0.25, -0.2) is 4.79 Å². The van der Waals surface area contributed by atoms with Gasteiger partial charge in [0.2, 0.25) is 0 Å². The van der Waals surface area contributed by atoms with Gasteiger partial charge in [0, 0.05) is 12.0 Å². The number of ketones is 1. The highest BCUT2D eigenvalue weighted by Gasteiger charge is 2.36. The van der Waals surface area contributed by atoms with Crippen LogP contribution in [0, 0.1) is 17.8 Å². The minimum Gasteiger partial charge on any atom is -0.465 e. The van der Waals surface area contributed by atoms with E-state index >= 15 is 0 Å². The Morgan fingerprint density at radius 2 is 1.55 bits per heavy atom. The van der Waals surface area contributed by atoms with Crippen LogP contribution >= 0.6 is 0 Å². The third kappa shape index (κ3) is 3.23. The first kappa shape index (κ1) is 15.3. The number of esters is 1. The molecule has 1 unspecified atom stereocenters. The molecular weight excluding hydrogens is 276 g/mol. The third-order valence-electron chi connectivity index (χ3n) is 5.44. The molecule has 0 radical (unpaired) electrons. The Balaban J connectivity index is 1.59. The Morgan fingerprint density at radius 1 is 1.00 bits per heavy atom. The Kier molecular flexibility index (Phi) is 4.60. The number of hydrogen-bond donors (Lipinski definition) is 0. The fraction of sp³-hybridized carbons (Fsp3) is 0.579. The van der Waals surface area contributed by atoms with Gasteiger partial charge in [-0.15, -0.1) is 0 Å². The summed E-state index contributed by atoms with van der Waals surface area (Å²) in [6.07, 6.45) is 8.60. The monoisotopic (exact) mass is 300 g/mol. The largest absolute Gasteiger partial charge is 0.465 e. The summed E-state index contributed by atoms with van der Waals surface area (Å²) in [6, 6.07) is 6.84. The van der Waals surface area contributed by atoms with Crippen LogP contribution in [0.15, 0.2) is 24.3 Å². The van der Waals surface area contributed by atoms with Crippen LogP contribution in [0.2, 0.25) is 0 Å². The van der Waals surface area contributed by atoms with Gasteiger partial charge in [-0.05, 0) is 42.7 Å². The minimum atomic E-state index is -0.362. The Bertz CT molecular complexity index is 532. The number of fused-ring (bicyclic) bond motifs is 1. The fourth-order valence-corrected chi connectivity index (χ4v) is 4.31. The van der Waals surface area contributed by atoms with Gasteiger partial charge < -0.3 is 4.74 Å². The number of ether oxygens (including phenoxy) is 1. The highest BCUT2D eigenvalue weighted by atomic mass is 16.5. The second-order valence-corrected chi connectivity index (χ2v) is 6.84. The van der Waals surface area contributed by atoms with E-state index in [0.29, 0.717) is 23.5 Å². The quantitative estimate of drug-likeness (QED) is 0.616. The number of Topliss-reactive ketones (excluding diaryl/α,β-unsaturated/α-hetero) is 1. The molecule has 3 rings (SSSR count). The van der Waals surface area contributed by atoms with Gasteiger partial charge in [0.1, 0.15) is 0 Å². The lowest BCUT2D eigenvalue weighted by Crippen LogP contribution is -2.12. The van der Waals surface area contributed by atoms with Crippen molar-refractivity contribution >= 4 is 11.8 Å². The fourth-order valence-electron chi connectivity index (χ4n) is 4.31. The molecule has 0 saturated heterocycles. The number of methoxy groups -OCH3 is 1. The predicted molar refractivity (Wildman–Crippen MR) is 84.9 cm³/mol. The Morgan fingerprint density at radius 3 is 2.09 bits per heavy atom. The molecule has 2 saturated carbocycles. The van der Waals surface area contributed by atoms with Crippen molar-refractivity contribution in [1.82, 2.24) is 0 Å². The zero-order valence-corrected chi connectivity index (χ0v) is 13.2. The molecule has 118 valence electrons. The molecular formula is C19H24O3. The van der Waals surface area contributed by atoms with Crippen LogP contribution in [0.5, 0.6) is 0 Å².